The molecular weight excluding hydrogens is 298 g/mol. The fourth-order valence-corrected chi connectivity index (χ4v) is 2.04. The molecule has 4 aromatic rings. The van der Waals surface area contributed by atoms with Crippen molar-refractivity contribution in [3.05, 3.63) is 42.6 Å². The van der Waals surface area contributed by atoms with Crippen LogP contribution < -0.4 is 10.1 Å². The summed E-state index contributed by atoms with van der Waals surface area (Å²) in [7, 11) is 1.61. The second-order valence-corrected chi connectivity index (χ2v) is 4.61. The lowest BCUT2D eigenvalue weighted by atomic mass is 10.2. The van der Waals surface area contributed by atoms with E-state index in [1.165, 1.54) is 0 Å². The molecule has 0 aliphatic heterocycles. The van der Waals surface area contributed by atoms with Gasteiger partial charge in [-0.2, -0.15) is 4.98 Å². The predicted octanol–water partition coefficient (Wildman–Crippen LogP) is 3.03. The van der Waals surface area contributed by atoms with E-state index in [1.54, 1.807) is 25.4 Å². The summed E-state index contributed by atoms with van der Waals surface area (Å²) < 4.78 is 16.1. The number of benzene rings is 1. The molecule has 8 heteroatoms. The van der Waals surface area contributed by atoms with Crippen molar-refractivity contribution in [2.75, 3.05) is 12.4 Å². The third-order valence-electron chi connectivity index (χ3n) is 3.14. The van der Waals surface area contributed by atoms with Crippen LogP contribution in [0.3, 0.4) is 0 Å². The lowest BCUT2D eigenvalue weighted by molar-refractivity contribution is 0.415. The summed E-state index contributed by atoms with van der Waals surface area (Å²) in [4.78, 5) is 8.27. The normalized spacial score (nSPS) is 10.8. The topological polar surface area (TPSA) is 99.1 Å². The van der Waals surface area contributed by atoms with Crippen LogP contribution in [-0.4, -0.2) is 27.3 Å². The van der Waals surface area contributed by atoms with Crippen molar-refractivity contribution < 1.29 is 13.6 Å². The molecule has 0 atom stereocenters. The van der Waals surface area contributed by atoms with Gasteiger partial charge in [0.2, 0.25) is 11.5 Å². The highest BCUT2D eigenvalue weighted by molar-refractivity contribution is 5.70. The van der Waals surface area contributed by atoms with Gasteiger partial charge in [0.25, 0.3) is 0 Å². The molecule has 0 saturated heterocycles. The van der Waals surface area contributed by atoms with Gasteiger partial charge in [0.05, 0.1) is 7.11 Å². The first-order chi connectivity index (χ1) is 11.3. The standard InChI is InChI=1S/C15H11N5O3/c1-21-10-6-4-9(5-7-10)13-19-20-15(23-13)18-14-17-12-11(22-14)3-2-8-16-12/h2-8H,1H3,(H,16,17,18,20). The lowest BCUT2D eigenvalue weighted by Crippen LogP contribution is -1.89. The maximum atomic E-state index is 5.55. The third kappa shape index (κ3) is 2.57. The molecule has 3 aromatic heterocycles. The number of aromatic nitrogens is 4. The van der Waals surface area contributed by atoms with Gasteiger partial charge < -0.3 is 13.6 Å². The molecule has 1 aromatic carbocycles. The molecular formula is C15H11N5O3. The molecule has 0 amide bonds. The highest BCUT2D eigenvalue weighted by atomic mass is 16.5. The van der Waals surface area contributed by atoms with Gasteiger partial charge in [0.15, 0.2) is 5.58 Å². The second-order valence-electron chi connectivity index (χ2n) is 4.61. The van der Waals surface area contributed by atoms with E-state index in [2.05, 4.69) is 25.5 Å². The summed E-state index contributed by atoms with van der Waals surface area (Å²) >= 11 is 0. The Bertz CT molecular complexity index is 912. The van der Waals surface area contributed by atoms with E-state index in [4.69, 9.17) is 13.6 Å². The zero-order valence-electron chi connectivity index (χ0n) is 12.1. The molecule has 3 heterocycles. The smallest absolute Gasteiger partial charge is 0.323 e. The number of ether oxygens (including phenoxy) is 1. The van der Waals surface area contributed by atoms with E-state index in [0.29, 0.717) is 17.1 Å². The van der Waals surface area contributed by atoms with E-state index in [0.717, 1.165) is 11.3 Å². The van der Waals surface area contributed by atoms with Crippen LogP contribution in [0.2, 0.25) is 0 Å². The van der Waals surface area contributed by atoms with Gasteiger partial charge in [-0.25, -0.2) is 4.98 Å². The molecule has 0 bridgehead atoms. The maximum absolute atomic E-state index is 5.55. The van der Waals surface area contributed by atoms with Crippen LogP contribution in [0.4, 0.5) is 12.0 Å². The molecule has 0 unspecified atom stereocenters. The monoisotopic (exact) mass is 309 g/mol. The summed E-state index contributed by atoms with van der Waals surface area (Å²) in [6, 6.07) is 11.3. The van der Waals surface area contributed by atoms with E-state index >= 15 is 0 Å². The summed E-state index contributed by atoms with van der Waals surface area (Å²) in [5.41, 5.74) is 1.86. The second kappa shape index (κ2) is 5.41. The van der Waals surface area contributed by atoms with E-state index < -0.39 is 0 Å². The first kappa shape index (κ1) is 13.3. The Balaban J connectivity index is 1.57. The largest absolute Gasteiger partial charge is 0.497 e. The first-order valence-electron chi connectivity index (χ1n) is 6.78. The maximum Gasteiger partial charge on any atom is 0.323 e. The van der Waals surface area contributed by atoms with Gasteiger partial charge >= 0.3 is 12.0 Å². The van der Waals surface area contributed by atoms with Crippen LogP contribution in [-0.2, 0) is 0 Å². The SMILES string of the molecule is COc1ccc(-c2nnc(Nc3nc4ncccc4o3)o2)cc1. The number of anilines is 2. The minimum Gasteiger partial charge on any atom is -0.497 e. The van der Waals surface area contributed by atoms with Gasteiger partial charge in [-0.05, 0) is 36.4 Å². The Kier molecular flexibility index (Phi) is 3.12. The Morgan fingerprint density at radius 1 is 1.00 bits per heavy atom. The molecule has 0 spiro atoms. The molecule has 0 aliphatic rings. The number of hydrogen-bond donors (Lipinski definition) is 1. The van der Waals surface area contributed by atoms with Crippen LogP contribution in [0.1, 0.15) is 0 Å². The molecule has 114 valence electrons. The van der Waals surface area contributed by atoms with Crippen LogP contribution in [0.15, 0.2) is 51.4 Å². The minimum absolute atomic E-state index is 0.183. The molecule has 8 nitrogen and oxygen atoms in total. The van der Waals surface area contributed by atoms with Gasteiger partial charge in [-0.1, -0.05) is 5.10 Å². The molecule has 4 rings (SSSR count). The Morgan fingerprint density at radius 2 is 1.87 bits per heavy atom. The van der Waals surface area contributed by atoms with E-state index in [1.807, 2.05) is 24.3 Å². The molecule has 1 N–H and O–H groups in total. The quantitative estimate of drug-likeness (QED) is 0.614. The van der Waals surface area contributed by atoms with E-state index in [-0.39, 0.29) is 12.0 Å². The van der Waals surface area contributed by atoms with Gasteiger partial charge in [-0.3, -0.25) is 5.32 Å². The van der Waals surface area contributed by atoms with Crippen LogP contribution >= 0.6 is 0 Å². The zero-order chi connectivity index (χ0) is 15.6. The molecule has 0 radical (unpaired) electrons. The van der Waals surface area contributed by atoms with Crippen molar-refractivity contribution in [1.82, 2.24) is 20.2 Å². The average molecular weight is 309 g/mol. The summed E-state index contributed by atoms with van der Waals surface area (Å²) in [6.07, 6.45) is 1.64. The number of oxazole rings is 1. The number of hydrogen-bond acceptors (Lipinski definition) is 8. The molecule has 0 saturated carbocycles. The Labute approximate surface area is 130 Å². The van der Waals surface area contributed by atoms with Crippen LogP contribution in [0.5, 0.6) is 5.75 Å². The first-order valence-corrected chi connectivity index (χ1v) is 6.78. The number of nitrogens with one attached hydrogen (secondary N) is 1. The van der Waals surface area contributed by atoms with Crippen molar-refractivity contribution in [3.8, 4) is 17.2 Å². The average Bonchev–Trinajstić information content (AvgIpc) is 3.21. The van der Waals surface area contributed by atoms with Gasteiger partial charge in [-0.15, -0.1) is 5.10 Å². The predicted molar refractivity (Wildman–Crippen MR) is 81.4 cm³/mol. The molecule has 0 fully saturated rings. The van der Waals surface area contributed by atoms with Crippen molar-refractivity contribution >= 4 is 23.3 Å². The van der Waals surface area contributed by atoms with Gasteiger partial charge in [0.1, 0.15) is 5.75 Å². The Morgan fingerprint density at radius 3 is 2.65 bits per heavy atom. The minimum atomic E-state index is 0.183. The number of pyridine rings is 1. The Hall–Kier alpha value is -3.42. The molecule has 0 aliphatic carbocycles. The summed E-state index contributed by atoms with van der Waals surface area (Å²) in [6.45, 7) is 0. The van der Waals surface area contributed by atoms with Crippen LogP contribution in [0, 0.1) is 0 Å². The highest BCUT2D eigenvalue weighted by Crippen LogP contribution is 2.24. The number of methoxy groups -OCH3 is 1. The fourth-order valence-electron chi connectivity index (χ4n) is 2.04. The third-order valence-corrected chi connectivity index (χ3v) is 3.14. The lowest BCUT2D eigenvalue weighted by Gasteiger charge is -1.99. The number of rotatable bonds is 4. The van der Waals surface area contributed by atoms with Crippen molar-refractivity contribution in [2.45, 2.75) is 0 Å². The summed E-state index contributed by atoms with van der Waals surface area (Å²) in [5, 5.41) is 10.7. The van der Waals surface area contributed by atoms with Crippen molar-refractivity contribution in [2.24, 2.45) is 0 Å². The number of fused-ring (bicyclic) bond motifs is 1. The van der Waals surface area contributed by atoms with E-state index in [9.17, 15) is 0 Å². The van der Waals surface area contributed by atoms with Crippen molar-refractivity contribution in [1.29, 1.82) is 0 Å². The summed E-state index contributed by atoms with van der Waals surface area (Å²) in [5.74, 6) is 1.13. The number of nitrogens with zero attached hydrogens (tertiary/aromatic N) is 4. The highest BCUT2D eigenvalue weighted by Gasteiger charge is 2.12. The fraction of sp³-hybridized carbons (Fsp3) is 0.0667. The van der Waals surface area contributed by atoms with Gasteiger partial charge in [0, 0.05) is 11.8 Å². The zero-order valence-corrected chi connectivity index (χ0v) is 12.1. The van der Waals surface area contributed by atoms with Crippen LogP contribution in [0.25, 0.3) is 22.7 Å². The molecule has 23 heavy (non-hydrogen) atoms. The van der Waals surface area contributed by atoms with Crippen molar-refractivity contribution in [3.63, 3.8) is 0 Å².